The van der Waals surface area contributed by atoms with Gasteiger partial charge in [-0.05, 0) is 32.1 Å². The average molecular weight is 444 g/mol. The molecule has 0 saturated carbocycles. The van der Waals surface area contributed by atoms with Gasteiger partial charge in [-0.1, -0.05) is 13.8 Å². The monoisotopic (exact) mass is 444 g/mol. The van der Waals surface area contributed by atoms with E-state index in [4.69, 9.17) is 15.9 Å². The molecule has 5 unspecified atom stereocenters. The van der Waals surface area contributed by atoms with Crippen molar-refractivity contribution < 1.29 is 39.3 Å². The molecular weight excluding hydrogens is 412 g/mol. The summed E-state index contributed by atoms with van der Waals surface area (Å²) in [6, 6.07) is -4.91. The Hall–Kier alpha value is -2.73. The van der Waals surface area contributed by atoms with E-state index >= 15 is 0 Å². The van der Waals surface area contributed by atoms with Crippen LogP contribution in [0.5, 0.6) is 0 Å². The third-order valence-corrected chi connectivity index (χ3v) is 4.94. The van der Waals surface area contributed by atoms with E-state index in [1.54, 1.807) is 0 Å². The highest BCUT2D eigenvalue weighted by molar-refractivity contribution is 5.95. The quantitative estimate of drug-likeness (QED) is 0.214. The van der Waals surface area contributed by atoms with E-state index in [1.165, 1.54) is 6.92 Å². The van der Waals surface area contributed by atoms with E-state index in [2.05, 4.69) is 10.6 Å². The van der Waals surface area contributed by atoms with Crippen molar-refractivity contribution in [2.45, 2.75) is 76.7 Å². The lowest BCUT2D eigenvalue weighted by Crippen LogP contribution is -2.59. The van der Waals surface area contributed by atoms with Gasteiger partial charge in [0.25, 0.3) is 0 Å². The molecule has 7 N–H and O–H groups in total. The first-order valence-corrected chi connectivity index (χ1v) is 10.1. The Labute approximate surface area is 180 Å². The van der Waals surface area contributed by atoms with Crippen LogP contribution in [-0.2, 0) is 24.0 Å². The van der Waals surface area contributed by atoms with Crippen molar-refractivity contribution in [3.05, 3.63) is 0 Å². The van der Waals surface area contributed by atoms with Crippen molar-refractivity contribution in [3.63, 3.8) is 0 Å². The van der Waals surface area contributed by atoms with Gasteiger partial charge < -0.3 is 36.6 Å². The van der Waals surface area contributed by atoms with Crippen LogP contribution in [0.2, 0.25) is 0 Å². The topological polar surface area (TPSA) is 199 Å². The molecule has 0 aromatic carbocycles. The van der Waals surface area contributed by atoms with Crippen LogP contribution in [0.1, 0.15) is 46.5 Å². The van der Waals surface area contributed by atoms with E-state index in [1.807, 2.05) is 13.8 Å². The number of aliphatic hydroxyl groups is 1. The number of aliphatic carboxylic acids is 2. The molecule has 31 heavy (non-hydrogen) atoms. The first-order chi connectivity index (χ1) is 14.3. The highest BCUT2D eigenvalue weighted by atomic mass is 16.4. The number of carbonyl (C=O) groups excluding carboxylic acids is 3. The highest BCUT2D eigenvalue weighted by Gasteiger charge is 2.40. The molecule has 1 fully saturated rings. The van der Waals surface area contributed by atoms with Gasteiger partial charge in [-0.2, -0.15) is 0 Å². The Balaban J connectivity index is 2.92. The van der Waals surface area contributed by atoms with Gasteiger partial charge in [0.2, 0.25) is 17.7 Å². The minimum Gasteiger partial charge on any atom is -0.481 e. The normalized spacial score (nSPS) is 19.9. The maximum Gasteiger partial charge on any atom is 0.326 e. The van der Waals surface area contributed by atoms with E-state index in [0.717, 1.165) is 4.90 Å². The van der Waals surface area contributed by atoms with E-state index in [9.17, 15) is 29.1 Å². The molecule has 1 aliphatic rings. The van der Waals surface area contributed by atoms with E-state index in [-0.39, 0.29) is 18.9 Å². The van der Waals surface area contributed by atoms with Gasteiger partial charge in [0, 0.05) is 6.54 Å². The summed E-state index contributed by atoms with van der Waals surface area (Å²) in [4.78, 5) is 61.1. The van der Waals surface area contributed by atoms with Crippen LogP contribution in [0.25, 0.3) is 0 Å². The number of hydrogen-bond donors (Lipinski definition) is 6. The van der Waals surface area contributed by atoms with Crippen LogP contribution in [0.4, 0.5) is 0 Å². The van der Waals surface area contributed by atoms with Crippen molar-refractivity contribution in [3.8, 4) is 0 Å². The molecule has 12 nitrogen and oxygen atoms in total. The molecular formula is C19H32N4O8. The second-order valence-electron chi connectivity index (χ2n) is 8.15. The zero-order valence-electron chi connectivity index (χ0n) is 17.9. The largest absolute Gasteiger partial charge is 0.481 e. The molecule has 1 heterocycles. The van der Waals surface area contributed by atoms with E-state index < -0.39 is 66.4 Å². The molecule has 0 bridgehead atoms. The Morgan fingerprint density at radius 1 is 1.10 bits per heavy atom. The average Bonchev–Trinajstić information content (AvgIpc) is 3.13. The second-order valence-corrected chi connectivity index (χ2v) is 8.15. The first kappa shape index (κ1) is 26.3. The summed E-state index contributed by atoms with van der Waals surface area (Å²) in [5, 5.41) is 32.5. The zero-order chi connectivity index (χ0) is 23.9. The number of hydrogen-bond acceptors (Lipinski definition) is 7. The molecule has 0 aliphatic carbocycles. The number of carboxylic acid groups (broad SMARTS) is 2. The van der Waals surface area contributed by atoms with Crippen LogP contribution in [0.3, 0.4) is 0 Å². The van der Waals surface area contributed by atoms with Crippen LogP contribution < -0.4 is 16.4 Å². The van der Waals surface area contributed by atoms with Crippen LogP contribution in [-0.4, -0.2) is 86.7 Å². The summed E-state index contributed by atoms with van der Waals surface area (Å²) < 4.78 is 0. The molecule has 1 aliphatic heterocycles. The fourth-order valence-electron chi connectivity index (χ4n) is 3.39. The summed E-state index contributed by atoms with van der Waals surface area (Å²) in [5.41, 5.74) is 5.83. The van der Waals surface area contributed by atoms with Gasteiger partial charge >= 0.3 is 11.9 Å². The van der Waals surface area contributed by atoms with E-state index in [0.29, 0.717) is 12.8 Å². The van der Waals surface area contributed by atoms with Crippen molar-refractivity contribution in [2.24, 2.45) is 11.7 Å². The molecule has 0 aromatic rings. The Morgan fingerprint density at radius 2 is 1.71 bits per heavy atom. The Kier molecular flexibility index (Phi) is 9.85. The molecule has 0 aromatic heterocycles. The van der Waals surface area contributed by atoms with Crippen molar-refractivity contribution in [2.75, 3.05) is 6.54 Å². The summed E-state index contributed by atoms with van der Waals surface area (Å²) in [6.07, 6.45) is -1.05. The van der Waals surface area contributed by atoms with Crippen LogP contribution in [0.15, 0.2) is 0 Å². The number of likely N-dealkylation sites (tertiary alicyclic amines) is 1. The third kappa shape index (κ3) is 7.79. The summed E-state index contributed by atoms with van der Waals surface area (Å²) in [7, 11) is 0. The van der Waals surface area contributed by atoms with Crippen molar-refractivity contribution in [1.29, 1.82) is 0 Å². The molecule has 3 amide bonds. The number of carboxylic acids is 2. The highest BCUT2D eigenvalue weighted by Crippen LogP contribution is 2.20. The molecule has 0 radical (unpaired) electrons. The number of aliphatic hydroxyl groups excluding tert-OH is 1. The fourth-order valence-corrected chi connectivity index (χ4v) is 3.39. The van der Waals surface area contributed by atoms with Gasteiger partial charge in [0.05, 0.1) is 18.6 Å². The predicted octanol–water partition coefficient (Wildman–Crippen LogP) is -1.74. The van der Waals surface area contributed by atoms with Gasteiger partial charge in [-0.15, -0.1) is 0 Å². The number of nitrogens with two attached hydrogens (primary N) is 1. The lowest BCUT2D eigenvalue weighted by atomic mass is 10.0. The maximum absolute atomic E-state index is 13.0. The standard InChI is InChI=1S/C19H32N4O8/c1-9(2)7-11(20)16(27)22-15(10(3)24)18(29)23-6-4-5-13(23)17(28)21-12(19(30)31)8-14(25)26/h9-13,15,24H,4-8,20H2,1-3H3,(H,21,28)(H,22,27)(H,25,26)(H,30,31). The zero-order valence-corrected chi connectivity index (χ0v) is 17.9. The summed E-state index contributed by atoms with van der Waals surface area (Å²) in [6.45, 7) is 5.24. The summed E-state index contributed by atoms with van der Waals surface area (Å²) >= 11 is 0. The predicted molar refractivity (Wildman–Crippen MR) is 108 cm³/mol. The minimum absolute atomic E-state index is 0.140. The molecule has 5 atom stereocenters. The maximum atomic E-state index is 13.0. The Bertz CT molecular complexity index is 696. The SMILES string of the molecule is CC(C)CC(N)C(=O)NC(C(=O)N1CCCC1C(=O)NC(CC(=O)O)C(=O)O)C(C)O. The smallest absolute Gasteiger partial charge is 0.326 e. The van der Waals surface area contributed by atoms with Gasteiger partial charge in [0.1, 0.15) is 18.1 Å². The number of nitrogens with zero attached hydrogens (tertiary/aromatic N) is 1. The third-order valence-electron chi connectivity index (χ3n) is 4.94. The number of amides is 3. The molecule has 12 heteroatoms. The fraction of sp³-hybridized carbons (Fsp3) is 0.737. The first-order valence-electron chi connectivity index (χ1n) is 10.1. The number of nitrogens with one attached hydrogen (secondary N) is 2. The van der Waals surface area contributed by atoms with Crippen LogP contribution >= 0.6 is 0 Å². The summed E-state index contributed by atoms with van der Waals surface area (Å²) in [5.74, 6) is -4.90. The molecule has 1 saturated heterocycles. The Morgan fingerprint density at radius 3 is 2.19 bits per heavy atom. The molecule has 176 valence electrons. The van der Waals surface area contributed by atoms with Gasteiger partial charge in [-0.3, -0.25) is 19.2 Å². The van der Waals surface area contributed by atoms with Gasteiger partial charge in [0.15, 0.2) is 0 Å². The second kappa shape index (κ2) is 11.6. The molecule has 0 spiro atoms. The van der Waals surface area contributed by atoms with Crippen LogP contribution in [0, 0.1) is 5.92 Å². The number of rotatable bonds is 11. The lowest BCUT2D eigenvalue weighted by Gasteiger charge is -2.31. The minimum atomic E-state index is -1.65. The molecule has 1 rings (SSSR count). The van der Waals surface area contributed by atoms with Gasteiger partial charge in [-0.25, -0.2) is 4.79 Å². The number of carbonyl (C=O) groups is 5. The van der Waals surface area contributed by atoms with Crippen molar-refractivity contribution >= 4 is 29.7 Å². The lowest BCUT2D eigenvalue weighted by molar-refractivity contribution is -0.149. The van der Waals surface area contributed by atoms with Crippen molar-refractivity contribution in [1.82, 2.24) is 15.5 Å².